The third-order valence-corrected chi connectivity index (χ3v) is 5.09. The number of hydrogen-bond acceptors (Lipinski definition) is 5. The van der Waals surface area contributed by atoms with Gasteiger partial charge < -0.3 is 0 Å². The van der Waals surface area contributed by atoms with Crippen LogP contribution in [0.15, 0.2) is 64.5 Å². The molecule has 114 valence electrons. The minimum atomic E-state index is 0.676. The van der Waals surface area contributed by atoms with Crippen LogP contribution in [0.5, 0.6) is 0 Å². The van der Waals surface area contributed by atoms with Crippen LogP contribution in [-0.4, -0.2) is 29.6 Å². The molecule has 0 unspecified atom stereocenters. The summed E-state index contributed by atoms with van der Waals surface area (Å²) in [5.41, 5.74) is 2.82. The molecule has 8 heteroatoms. The average molecular weight is 387 g/mol. The monoisotopic (exact) mass is 386 g/mol. The molecule has 0 atom stereocenters. The van der Waals surface area contributed by atoms with Crippen LogP contribution >= 0.6 is 27.7 Å². The van der Waals surface area contributed by atoms with E-state index in [9.17, 15) is 0 Å². The van der Waals surface area contributed by atoms with Crippen molar-refractivity contribution in [3.8, 4) is 5.69 Å². The Morgan fingerprint density at radius 3 is 2.70 bits per heavy atom. The maximum absolute atomic E-state index is 4.63. The molecule has 0 saturated heterocycles. The van der Waals surface area contributed by atoms with E-state index in [1.54, 1.807) is 16.4 Å². The van der Waals surface area contributed by atoms with Gasteiger partial charge in [-0.2, -0.15) is 4.68 Å². The molecular weight excluding hydrogens is 376 g/mol. The molecule has 1 aromatic carbocycles. The smallest absolute Gasteiger partial charge is 0.214 e. The summed E-state index contributed by atoms with van der Waals surface area (Å²) in [7, 11) is 0. The van der Waals surface area contributed by atoms with Crippen molar-refractivity contribution in [2.45, 2.75) is 10.9 Å². The molecule has 0 aliphatic heterocycles. The van der Waals surface area contributed by atoms with Gasteiger partial charge in [0.15, 0.2) is 0 Å². The van der Waals surface area contributed by atoms with E-state index in [2.05, 4.69) is 36.4 Å². The highest BCUT2D eigenvalue weighted by atomic mass is 79.9. The first-order valence-electron chi connectivity index (χ1n) is 6.91. The van der Waals surface area contributed by atoms with Gasteiger partial charge in [-0.05, 0) is 50.6 Å². The molecule has 0 amide bonds. The lowest BCUT2D eigenvalue weighted by molar-refractivity contribution is 0.756. The van der Waals surface area contributed by atoms with Crippen molar-refractivity contribution in [2.75, 3.05) is 0 Å². The zero-order chi connectivity index (χ0) is 15.6. The van der Waals surface area contributed by atoms with Gasteiger partial charge in [0.1, 0.15) is 10.3 Å². The van der Waals surface area contributed by atoms with Crippen LogP contribution in [0.1, 0.15) is 5.69 Å². The zero-order valence-corrected chi connectivity index (χ0v) is 14.3. The lowest BCUT2D eigenvalue weighted by atomic mass is 10.3. The Bertz CT molecular complexity index is 949. The highest BCUT2D eigenvalue weighted by molar-refractivity contribution is 9.10. The predicted molar refractivity (Wildman–Crippen MR) is 91.6 cm³/mol. The number of para-hydroxylation sites is 1. The third kappa shape index (κ3) is 2.75. The number of pyridine rings is 1. The fraction of sp³-hybridized carbons (Fsp3) is 0.0667. The topological polar surface area (TPSA) is 60.9 Å². The van der Waals surface area contributed by atoms with E-state index in [1.807, 2.05) is 59.1 Å². The van der Waals surface area contributed by atoms with Crippen LogP contribution < -0.4 is 0 Å². The van der Waals surface area contributed by atoms with Crippen molar-refractivity contribution in [2.24, 2.45) is 0 Å². The van der Waals surface area contributed by atoms with Gasteiger partial charge >= 0.3 is 0 Å². The van der Waals surface area contributed by atoms with Gasteiger partial charge in [-0.3, -0.25) is 4.40 Å². The Balaban J connectivity index is 1.60. The molecule has 4 rings (SSSR count). The van der Waals surface area contributed by atoms with Crippen molar-refractivity contribution in [3.05, 3.63) is 65.0 Å². The first-order chi connectivity index (χ1) is 11.3. The second-order valence-corrected chi connectivity index (χ2v) is 6.47. The molecule has 0 fully saturated rings. The van der Waals surface area contributed by atoms with Gasteiger partial charge in [-0.15, -0.1) is 5.10 Å². The molecule has 0 saturated carbocycles. The number of aromatic nitrogens is 6. The molecule has 0 spiro atoms. The SMILES string of the molecule is Brc1c(CSc2nnnn2-c2ccccc2)nc2ccccn12. The molecule has 3 aromatic heterocycles. The lowest BCUT2D eigenvalue weighted by Crippen LogP contribution is -1.98. The highest BCUT2D eigenvalue weighted by Crippen LogP contribution is 2.27. The molecule has 0 aliphatic rings. The molecule has 6 nitrogen and oxygen atoms in total. The van der Waals surface area contributed by atoms with Gasteiger partial charge in [-0.25, -0.2) is 4.98 Å². The zero-order valence-electron chi connectivity index (χ0n) is 11.9. The van der Waals surface area contributed by atoms with Crippen LogP contribution in [0.25, 0.3) is 11.3 Å². The van der Waals surface area contributed by atoms with Gasteiger partial charge in [0.2, 0.25) is 5.16 Å². The molecular formula is C15H11BrN6S. The summed E-state index contributed by atoms with van der Waals surface area (Å²) in [5, 5.41) is 12.7. The summed E-state index contributed by atoms with van der Waals surface area (Å²) in [5.74, 6) is 0.676. The normalized spacial score (nSPS) is 11.2. The van der Waals surface area contributed by atoms with Crippen molar-refractivity contribution in [1.82, 2.24) is 29.6 Å². The minimum Gasteiger partial charge on any atom is -0.294 e. The molecule has 23 heavy (non-hydrogen) atoms. The minimum absolute atomic E-state index is 0.676. The second kappa shape index (κ2) is 6.13. The number of rotatable bonds is 4. The Labute approximate surface area is 144 Å². The van der Waals surface area contributed by atoms with Crippen molar-refractivity contribution < 1.29 is 0 Å². The highest BCUT2D eigenvalue weighted by Gasteiger charge is 2.13. The summed E-state index contributed by atoms with van der Waals surface area (Å²) in [6, 6.07) is 15.8. The fourth-order valence-corrected chi connectivity index (χ4v) is 3.78. The van der Waals surface area contributed by atoms with E-state index in [4.69, 9.17) is 0 Å². The second-order valence-electron chi connectivity index (χ2n) is 4.78. The number of imidazole rings is 1. The van der Waals surface area contributed by atoms with Crippen LogP contribution in [0, 0.1) is 0 Å². The molecule has 0 aliphatic carbocycles. The largest absolute Gasteiger partial charge is 0.294 e. The quantitative estimate of drug-likeness (QED) is 0.503. The predicted octanol–water partition coefficient (Wildman–Crippen LogP) is 3.36. The van der Waals surface area contributed by atoms with E-state index < -0.39 is 0 Å². The molecule has 4 aromatic rings. The number of fused-ring (bicyclic) bond motifs is 1. The van der Waals surface area contributed by atoms with Gasteiger partial charge in [0.05, 0.1) is 11.4 Å². The summed E-state index contributed by atoms with van der Waals surface area (Å²) < 4.78 is 4.70. The molecule has 0 N–H and O–H groups in total. The van der Waals surface area contributed by atoms with Crippen LogP contribution in [0.3, 0.4) is 0 Å². The summed E-state index contributed by atoms with van der Waals surface area (Å²) in [6.07, 6.45) is 1.98. The summed E-state index contributed by atoms with van der Waals surface area (Å²) >= 11 is 5.16. The Morgan fingerprint density at radius 1 is 1.04 bits per heavy atom. The standard InChI is InChI=1S/C15H11BrN6S/c16-14-12(17-13-8-4-5-9-21(13)14)10-23-15-18-19-20-22(15)11-6-2-1-3-7-11/h1-9H,10H2. The Kier molecular flexibility index (Phi) is 3.84. The first-order valence-corrected chi connectivity index (χ1v) is 8.69. The van der Waals surface area contributed by atoms with Crippen LogP contribution in [0.2, 0.25) is 0 Å². The number of tetrazole rings is 1. The van der Waals surface area contributed by atoms with Crippen molar-refractivity contribution >= 4 is 33.3 Å². The number of halogens is 1. The molecule has 3 heterocycles. The van der Waals surface area contributed by atoms with Crippen LogP contribution in [-0.2, 0) is 5.75 Å². The number of benzene rings is 1. The Hall–Kier alpha value is -2.19. The molecule has 0 bridgehead atoms. The Morgan fingerprint density at radius 2 is 1.87 bits per heavy atom. The molecule has 0 radical (unpaired) electrons. The van der Waals surface area contributed by atoms with E-state index in [1.165, 1.54) is 0 Å². The van der Waals surface area contributed by atoms with Crippen molar-refractivity contribution in [1.29, 1.82) is 0 Å². The fourth-order valence-electron chi connectivity index (χ4n) is 2.24. The van der Waals surface area contributed by atoms with E-state index in [-0.39, 0.29) is 0 Å². The number of nitrogens with zero attached hydrogens (tertiary/aromatic N) is 6. The number of thioether (sulfide) groups is 1. The van der Waals surface area contributed by atoms with Gasteiger partial charge in [-0.1, -0.05) is 36.0 Å². The summed E-state index contributed by atoms with van der Waals surface area (Å²) in [4.78, 5) is 4.63. The number of hydrogen-bond donors (Lipinski definition) is 0. The van der Waals surface area contributed by atoms with E-state index >= 15 is 0 Å². The van der Waals surface area contributed by atoms with Gasteiger partial charge in [0.25, 0.3) is 0 Å². The van der Waals surface area contributed by atoms with Crippen molar-refractivity contribution in [3.63, 3.8) is 0 Å². The van der Waals surface area contributed by atoms with E-state index in [0.717, 1.165) is 26.8 Å². The lowest BCUT2D eigenvalue weighted by Gasteiger charge is -2.03. The van der Waals surface area contributed by atoms with Gasteiger partial charge in [0, 0.05) is 11.9 Å². The summed E-state index contributed by atoms with van der Waals surface area (Å²) in [6.45, 7) is 0. The maximum atomic E-state index is 4.63. The van der Waals surface area contributed by atoms with E-state index in [0.29, 0.717) is 5.75 Å². The average Bonchev–Trinajstić information content (AvgIpc) is 3.19. The maximum Gasteiger partial charge on any atom is 0.214 e. The first kappa shape index (κ1) is 14.4. The van der Waals surface area contributed by atoms with Crippen LogP contribution in [0.4, 0.5) is 0 Å². The third-order valence-electron chi connectivity index (χ3n) is 3.32.